The van der Waals surface area contributed by atoms with Crippen molar-refractivity contribution in [3.05, 3.63) is 0 Å². The average Bonchev–Trinajstić information content (AvgIpc) is 2.40. The van der Waals surface area contributed by atoms with Crippen LogP contribution in [0.25, 0.3) is 0 Å². The van der Waals surface area contributed by atoms with Crippen molar-refractivity contribution in [1.82, 2.24) is 15.5 Å². The highest BCUT2D eigenvalue weighted by Gasteiger charge is 2.55. The molecule has 0 bridgehead atoms. The normalized spacial score (nSPS) is 26.7. The molecule has 6 nitrogen and oxygen atoms in total. The van der Waals surface area contributed by atoms with Crippen LogP contribution >= 0.6 is 0 Å². The van der Waals surface area contributed by atoms with Gasteiger partial charge in [0.25, 0.3) is 0 Å². The molecule has 1 saturated carbocycles. The van der Waals surface area contributed by atoms with Crippen LogP contribution in [0.3, 0.4) is 0 Å². The fraction of sp³-hybridized carbons (Fsp3) is 0.867. The van der Waals surface area contributed by atoms with Gasteiger partial charge in [-0.3, -0.25) is 4.79 Å². The molecule has 3 amide bonds. The minimum atomic E-state index is -0.174. The molecule has 0 aromatic carbocycles. The first-order valence-electron chi connectivity index (χ1n) is 7.49. The topological polar surface area (TPSA) is 70.7 Å². The van der Waals surface area contributed by atoms with Crippen LogP contribution in [0.5, 0.6) is 0 Å². The standard InChI is InChI=1S/C15H29N3O3/c1-10-12(15(2,3)13(10)21-6)17-14(20)16-9-7-8-11(19)18(4)5/h10,12-13H,7-9H2,1-6H3,(H2,16,17,20). The summed E-state index contributed by atoms with van der Waals surface area (Å²) in [5.41, 5.74) is -0.0631. The van der Waals surface area contributed by atoms with E-state index in [9.17, 15) is 9.59 Å². The Bertz CT molecular complexity index is 382. The summed E-state index contributed by atoms with van der Waals surface area (Å²) >= 11 is 0. The second-order valence-electron chi connectivity index (χ2n) is 6.61. The zero-order chi connectivity index (χ0) is 16.2. The van der Waals surface area contributed by atoms with Crippen LogP contribution < -0.4 is 10.6 Å². The molecule has 3 atom stereocenters. The zero-order valence-corrected chi connectivity index (χ0v) is 14.0. The van der Waals surface area contributed by atoms with Gasteiger partial charge in [0.2, 0.25) is 5.91 Å². The number of urea groups is 1. The van der Waals surface area contributed by atoms with E-state index in [0.717, 1.165) is 0 Å². The Morgan fingerprint density at radius 3 is 2.38 bits per heavy atom. The zero-order valence-electron chi connectivity index (χ0n) is 14.0. The maximum absolute atomic E-state index is 11.9. The predicted octanol–water partition coefficient (Wildman–Crippen LogP) is 1.21. The van der Waals surface area contributed by atoms with Gasteiger partial charge in [-0.2, -0.15) is 0 Å². The van der Waals surface area contributed by atoms with Crippen molar-refractivity contribution in [2.75, 3.05) is 27.7 Å². The highest BCUT2D eigenvalue weighted by Crippen LogP contribution is 2.46. The molecule has 1 fully saturated rings. The van der Waals surface area contributed by atoms with Gasteiger partial charge >= 0.3 is 6.03 Å². The van der Waals surface area contributed by atoms with E-state index >= 15 is 0 Å². The van der Waals surface area contributed by atoms with Crippen LogP contribution in [-0.4, -0.2) is 56.7 Å². The van der Waals surface area contributed by atoms with Crippen LogP contribution in [0.2, 0.25) is 0 Å². The van der Waals surface area contributed by atoms with Gasteiger partial charge in [-0.25, -0.2) is 4.79 Å². The molecule has 0 radical (unpaired) electrons. The molecule has 2 N–H and O–H groups in total. The van der Waals surface area contributed by atoms with Gasteiger partial charge in [-0.1, -0.05) is 20.8 Å². The van der Waals surface area contributed by atoms with Crippen molar-refractivity contribution in [1.29, 1.82) is 0 Å². The molecule has 21 heavy (non-hydrogen) atoms. The summed E-state index contributed by atoms with van der Waals surface area (Å²) in [5, 5.41) is 5.81. The number of hydrogen-bond acceptors (Lipinski definition) is 3. The van der Waals surface area contributed by atoms with Crippen LogP contribution in [0.4, 0.5) is 4.79 Å². The lowest BCUT2D eigenvalue weighted by atomic mass is 9.58. The highest BCUT2D eigenvalue weighted by atomic mass is 16.5. The van der Waals surface area contributed by atoms with Crippen LogP contribution in [0, 0.1) is 11.3 Å². The molecule has 3 unspecified atom stereocenters. The number of carbonyl (C=O) groups excluding carboxylic acids is 2. The molecule has 0 heterocycles. The fourth-order valence-electron chi connectivity index (χ4n) is 3.28. The van der Waals surface area contributed by atoms with Gasteiger partial charge in [-0.15, -0.1) is 0 Å². The van der Waals surface area contributed by atoms with E-state index in [0.29, 0.717) is 25.3 Å². The second kappa shape index (κ2) is 7.11. The average molecular weight is 299 g/mol. The van der Waals surface area contributed by atoms with Gasteiger partial charge < -0.3 is 20.3 Å². The van der Waals surface area contributed by atoms with E-state index in [2.05, 4.69) is 31.4 Å². The highest BCUT2D eigenvalue weighted by molar-refractivity contribution is 5.76. The van der Waals surface area contributed by atoms with Crippen LogP contribution in [0.15, 0.2) is 0 Å². The molecule has 1 aliphatic rings. The Morgan fingerprint density at radius 1 is 1.29 bits per heavy atom. The minimum absolute atomic E-state index is 0.0631. The number of rotatable bonds is 6. The number of nitrogens with one attached hydrogen (secondary N) is 2. The first-order valence-corrected chi connectivity index (χ1v) is 7.49. The minimum Gasteiger partial charge on any atom is -0.380 e. The fourth-order valence-corrected chi connectivity index (χ4v) is 3.28. The number of nitrogens with zero attached hydrogens (tertiary/aromatic N) is 1. The SMILES string of the molecule is COC1C(C)C(NC(=O)NCCCC(=O)N(C)C)C1(C)C. The molecular formula is C15H29N3O3. The smallest absolute Gasteiger partial charge is 0.315 e. The van der Waals surface area contributed by atoms with Gasteiger partial charge in [0.15, 0.2) is 0 Å². The third-order valence-corrected chi connectivity index (χ3v) is 4.43. The third kappa shape index (κ3) is 4.09. The Hall–Kier alpha value is -1.30. The number of methoxy groups -OCH3 is 1. The molecule has 122 valence electrons. The van der Waals surface area contributed by atoms with Crippen LogP contribution in [-0.2, 0) is 9.53 Å². The van der Waals surface area contributed by atoms with E-state index in [1.807, 2.05) is 0 Å². The summed E-state index contributed by atoms with van der Waals surface area (Å²) in [6, 6.07) is -0.0716. The molecule has 0 spiro atoms. The predicted molar refractivity (Wildman–Crippen MR) is 82.0 cm³/mol. The second-order valence-corrected chi connectivity index (χ2v) is 6.61. The molecule has 1 rings (SSSR count). The molecule has 1 aliphatic carbocycles. The van der Waals surface area contributed by atoms with Crippen molar-refractivity contribution in [3.8, 4) is 0 Å². The van der Waals surface area contributed by atoms with Crippen molar-refractivity contribution >= 4 is 11.9 Å². The Kier molecular flexibility index (Phi) is 6.01. The summed E-state index contributed by atoms with van der Waals surface area (Å²) in [5.74, 6) is 0.375. The monoisotopic (exact) mass is 299 g/mol. The summed E-state index contributed by atoms with van der Waals surface area (Å²) in [6.45, 7) is 6.78. The maximum atomic E-state index is 11.9. The van der Waals surface area contributed by atoms with Gasteiger partial charge in [0, 0.05) is 51.5 Å². The van der Waals surface area contributed by atoms with Crippen molar-refractivity contribution in [2.24, 2.45) is 11.3 Å². The molecule has 0 aromatic rings. The van der Waals surface area contributed by atoms with Crippen molar-refractivity contribution in [2.45, 2.75) is 45.8 Å². The van der Waals surface area contributed by atoms with Crippen molar-refractivity contribution < 1.29 is 14.3 Å². The van der Waals surface area contributed by atoms with E-state index in [-0.39, 0.29) is 29.5 Å². The lowest BCUT2D eigenvalue weighted by molar-refractivity contribution is -0.140. The molecule has 0 saturated heterocycles. The Morgan fingerprint density at radius 2 is 1.90 bits per heavy atom. The lowest BCUT2D eigenvalue weighted by Gasteiger charge is -2.56. The quantitative estimate of drug-likeness (QED) is 0.724. The number of hydrogen-bond donors (Lipinski definition) is 2. The summed E-state index contributed by atoms with van der Waals surface area (Å²) in [4.78, 5) is 24.9. The molecule has 6 heteroatoms. The van der Waals surface area contributed by atoms with Gasteiger partial charge in [0.05, 0.1) is 6.10 Å². The first kappa shape index (κ1) is 17.8. The van der Waals surface area contributed by atoms with E-state index in [1.165, 1.54) is 0 Å². The number of carbonyl (C=O) groups is 2. The summed E-state index contributed by atoms with van der Waals surface area (Å²) < 4.78 is 5.46. The van der Waals surface area contributed by atoms with Gasteiger partial charge in [0.1, 0.15) is 0 Å². The number of ether oxygens (including phenoxy) is 1. The molecule has 0 aliphatic heterocycles. The lowest BCUT2D eigenvalue weighted by Crippen LogP contribution is -2.68. The maximum Gasteiger partial charge on any atom is 0.315 e. The Labute approximate surface area is 127 Å². The molecular weight excluding hydrogens is 270 g/mol. The third-order valence-electron chi connectivity index (χ3n) is 4.43. The Balaban J connectivity index is 2.27. The summed E-state index contributed by atoms with van der Waals surface area (Å²) in [7, 11) is 5.17. The van der Waals surface area contributed by atoms with E-state index in [4.69, 9.17) is 4.74 Å². The largest absolute Gasteiger partial charge is 0.380 e. The van der Waals surface area contributed by atoms with Crippen LogP contribution in [0.1, 0.15) is 33.6 Å². The number of amides is 3. The van der Waals surface area contributed by atoms with E-state index in [1.54, 1.807) is 26.1 Å². The summed E-state index contributed by atoms with van der Waals surface area (Å²) in [6.07, 6.45) is 1.26. The van der Waals surface area contributed by atoms with Crippen molar-refractivity contribution in [3.63, 3.8) is 0 Å². The first-order chi connectivity index (χ1) is 9.71. The molecule has 0 aromatic heterocycles. The van der Waals surface area contributed by atoms with Gasteiger partial charge in [-0.05, 0) is 6.42 Å². The van der Waals surface area contributed by atoms with E-state index < -0.39 is 0 Å².